The molecule has 0 unspecified atom stereocenters. The number of methoxy groups -OCH3 is 1. The van der Waals surface area contributed by atoms with Crippen molar-refractivity contribution in [1.29, 1.82) is 0 Å². The van der Waals surface area contributed by atoms with Gasteiger partial charge in [0, 0.05) is 21.6 Å². The molecule has 0 bridgehead atoms. The van der Waals surface area contributed by atoms with E-state index in [-0.39, 0.29) is 0 Å². The molecule has 1 N–H and O–H groups in total. The second kappa shape index (κ2) is 3.46. The Kier molecular flexibility index (Phi) is 2.29. The highest BCUT2D eigenvalue weighted by Gasteiger charge is 2.07. The number of aromatic amines is 1. The third kappa shape index (κ3) is 1.32. The smallest absolute Gasteiger partial charge is 0.152 e. The van der Waals surface area contributed by atoms with Crippen LogP contribution in [0.5, 0.6) is 5.75 Å². The van der Waals surface area contributed by atoms with Gasteiger partial charge in [0.25, 0.3) is 0 Å². The number of ether oxygens (including phenoxy) is 1. The van der Waals surface area contributed by atoms with Gasteiger partial charge in [0.05, 0.1) is 12.6 Å². The number of aldehydes is 1. The summed E-state index contributed by atoms with van der Waals surface area (Å²) in [6, 6.07) is 3.58. The van der Waals surface area contributed by atoms with Crippen LogP contribution in [0.4, 0.5) is 0 Å². The van der Waals surface area contributed by atoms with Crippen molar-refractivity contribution in [3.8, 4) is 5.75 Å². The maximum atomic E-state index is 10.8. The van der Waals surface area contributed by atoms with E-state index < -0.39 is 0 Å². The molecule has 2 aromatic rings. The van der Waals surface area contributed by atoms with Gasteiger partial charge in [-0.3, -0.25) is 4.79 Å². The minimum Gasteiger partial charge on any atom is -0.497 e. The number of hydrogen-bond acceptors (Lipinski definition) is 2. The predicted molar refractivity (Wildman–Crippen MR) is 57.9 cm³/mol. The van der Waals surface area contributed by atoms with Gasteiger partial charge in [0.1, 0.15) is 5.75 Å². The third-order valence-electron chi connectivity index (χ3n) is 2.11. The van der Waals surface area contributed by atoms with Crippen molar-refractivity contribution in [3.63, 3.8) is 0 Å². The number of carbonyl (C=O) groups is 1. The van der Waals surface area contributed by atoms with Crippen molar-refractivity contribution in [3.05, 3.63) is 28.4 Å². The number of halogens is 1. The maximum Gasteiger partial charge on any atom is 0.152 e. The summed E-state index contributed by atoms with van der Waals surface area (Å²) in [5.74, 6) is 0.680. The Bertz CT molecular complexity index is 490. The van der Waals surface area contributed by atoms with Crippen LogP contribution in [-0.4, -0.2) is 18.4 Å². The van der Waals surface area contributed by atoms with Crippen LogP contribution in [-0.2, 0) is 0 Å². The van der Waals surface area contributed by atoms with E-state index in [0.29, 0.717) is 11.3 Å². The molecule has 0 atom stereocenters. The summed E-state index contributed by atoms with van der Waals surface area (Å²) in [6.45, 7) is 0. The van der Waals surface area contributed by atoms with Crippen molar-refractivity contribution >= 4 is 33.1 Å². The lowest BCUT2D eigenvalue weighted by Gasteiger charge is -2.01. The number of fused-ring (bicyclic) bond motifs is 1. The molecule has 72 valence electrons. The fraction of sp³-hybridized carbons (Fsp3) is 0.100. The first-order valence-electron chi connectivity index (χ1n) is 4.06. The molecule has 0 fully saturated rings. The predicted octanol–water partition coefficient (Wildman–Crippen LogP) is 2.75. The van der Waals surface area contributed by atoms with Crippen LogP contribution in [0.1, 0.15) is 10.4 Å². The molecule has 0 saturated carbocycles. The molecule has 1 heterocycles. The van der Waals surface area contributed by atoms with Crippen LogP contribution in [0.3, 0.4) is 0 Å². The van der Waals surface area contributed by atoms with Crippen LogP contribution < -0.4 is 4.74 Å². The summed E-state index contributed by atoms with van der Waals surface area (Å²) in [5, 5.41) is 0.950. The van der Waals surface area contributed by atoms with E-state index in [1.807, 2.05) is 6.07 Å². The van der Waals surface area contributed by atoms with Crippen LogP contribution in [0.2, 0.25) is 0 Å². The second-order valence-corrected chi connectivity index (χ2v) is 3.75. The van der Waals surface area contributed by atoms with Crippen LogP contribution in [0.15, 0.2) is 22.8 Å². The van der Waals surface area contributed by atoms with E-state index in [1.165, 1.54) is 0 Å². The van der Waals surface area contributed by atoms with E-state index in [2.05, 4.69) is 20.9 Å². The van der Waals surface area contributed by atoms with Gasteiger partial charge < -0.3 is 9.72 Å². The molecule has 1 aromatic heterocycles. The van der Waals surface area contributed by atoms with Gasteiger partial charge in [-0.2, -0.15) is 0 Å². The molecule has 4 heteroatoms. The largest absolute Gasteiger partial charge is 0.497 e. The number of H-pyrrole nitrogens is 1. The van der Waals surface area contributed by atoms with Crippen LogP contribution in [0, 0.1) is 0 Å². The zero-order chi connectivity index (χ0) is 10.1. The Labute approximate surface area is 89.2 Å². The Hall–Kier alpha value is -1.29. The fourth-order valence-electron chi connectivity index (χ4n) is 1.41. The number of nitrogens with one attached hydrogen (secondary N) is 1. The molecule has 14 heavy (non-hydrogen) atoms. The van der Waals surface area contributed by atoms with Crippen molar-refractivity contribution in [2.24, 2.45) is 0 Å². The number of aromatic nitrogens is 1. The van der Waals surface area contributed by atoms with Crippen molar-refractivity contribution in [2.45, 2.75) is 0 Å². The lowest BCUT2D eigenvalue weighted by atomic mass is 10.1. The van der Waals surface area contributed by atoms with E-state index in [1.54, 1.807) is 19.4 Å². The van der Waals surface area contributed by atoms with Crippen molar-refractivity contribution < 1.29 is 9.53 Å². The molecule has 1 aromatic carbocycles. The topological polar surface area (TPSA) is 42.1 Å². The average molecular weight is 254 g/mol. The maximum absolute atomic E-state index is 10.8. The summed E-state index contributed by atoms with van der Waals surface area (Å²) in [4.78, 5) is 13.8. The van der Waals surface area contributed by atoms with E-state index in [0.717, 1.165) is 21.7 Å². The number of hydrogen-bond donors (Lipinski definition) is 1. The third-order valence-corrected chi connectivity index (χ3v) is 2.76. The zero-order valence-electron chi connectivity index (χ0n) is 7.50. The average Bonchev–Trinajstić information content (AvgIpc) is 2.59. The highest BCUT2D eigenvalue weighted by atomic mass is 79.9. The van der Waals surface area contributed by atoms with Gasteiger partial charge in [0.2, 0.25) is 0 Å². The van der Waals surface area contributed by atoms with Crippen LogP contribution >= 0.6 is 15.9 Å². The molecule has 0 saturated heterocycles. The molecule has 3 nitrogen and oxygen atoms in total. The standard InChI is InChI=1S/C10H8BrNO2/c1-14-7-2-6(5-13)10-8(3-7)9(11)4-12-10/h2-5,12H,1H3. The molecule has 0 aliphatic carbocycles. The second-order valence-electron chi connectivity index (χ2n) is 2.89. The Morgan fingerprint density at radius 3 is 2.93 bits per heavy atom. The molecule has 2 rings (SSSR count). The molecule has 0 amide bonds. The first kappa shape index (κ1) is 9.27. The first-order chi connectivity index (χ1) is 6.76. The quantitative estimate of drug-likeness (QED) is 0.837. The minimum absolute atomic E-state index is 0.602. The lowest BCUT2D eigenvalue weighted by Crippen LogP contribution is -1.87. The summed E-state index contributed by atoms with van der Waals surface area (Å²) in [7, 11) is 1.58. The summed E-state index contributed by atoms with van der Waals surface area (Å²) < 4.78 is 6.02. The van der Waals surface area contributed by atoms with Gasteiger partial charge >= 0.3 is 0 Å². The number of benzene rings is 1. The van der Waals surface area contributed by atoms with Gasteiger partial charge in [-0.15, -0.1) is 0 Å². The SMILES string of the molecule is COc1cc(C=O)c2[nH]cc(Br)c2c1. The number of carbonyl (C=O) groups excluding carboxylic acids is 1. The Balaban J connectivity index is 2.82. The van der Waals surface area contributed by atoms with Crippen molar-refractivity contribution in [1.82, 2.24) is 4.98 Å². The molecule has 0 spiro atoms. The zero-order valence-corrected chi connectivity index (χ0v) is 9.09. The molecule has 0 aliphatic rings. The summed E-state index contributed by atoms with van der Waals surface area (Å²) in [6.07, 6.45) is 2.62. The van der Waals surface area contributed by atoms with Gasteiger partial charge in [-0.05, 0) is 28.1 Å². The van der Waals surface area contributed by atoms with E-state index >= 15 is 0 Å². The van der Waals surface area contributed by atoms with Crippen molar-refractivity contribution in [2.75, 3.05) is 7.11 Å². The molecule has 0 aliphatic heterocycles. The molecular weight excluding hydrogens is 246 g/mol. The summed E-state index contributed by atoms with van der Waals surface area (Å²) in [5.41, 5.74) is 1.43. The van der Waals surface area contributed by atoms with Crippen LogP contribution in [0.25, 0.3) is 10.9 Å². The highest BCUT2D eigenvalue weighted by molar-refractivity contribution is 9.10. The highest BCUT2D eigenvalue weighted by Crippen LogP contribution is 2.29. The van der Waals surface area contributed by atoms with Gasteiger partial charge in [-0.25, -0.2) is 0 Å². The Morgan fingerprint density at radius 1 is 1.50 bits per heavy atom. The van der Waals surface area contributed by atoms with E-state index in [4.69, 9.17) is 4.74 Å². The minimum atomic E-state index is 0.602. The summed E-state index contributed by atoms with van der Waals surface area (Å²) >= 11 is 3.39. The normalized spacial score (nSPS) is 10.4. The van der Waals surface area contributed by atoms with Gasteiger partial charge in [0.15, 0.2) is 6.29 Å². The molecular formula is C10H8BrNO2. The lowest BCUT2D eigenvalue weighted by molar-refractivity contribution is 0.112. The van der Waals surface area contributed by atoms with E-state index in [9.17, 15) is 4.79 Å². The number of rotatable bonds is 2. The fourth-order valence-corrected chi connectivity index (χ4v) is 1.84. The van der Waals surface area contributed by atoms with Gasteiger partial charge in [-0.1, -0.05) is 0 Å². The Morgan fingerprint density at radius 2 is 2.29 bits per heavy atom. The molecule has 0 radical (unpaired) electrons. The first-order valence-corrected chi connectivity index (χ1v) is 4.85. The monoisotopic (exact) mass is 253 g/mol.